The topological polar surface area (TPSA) is 60.5 Å². The van der Waals surface area contributed by atoms with E-state index in [9.17, 15) is 4.79 Å². The molecule has 0 saturated heterocycles. The fraction of sp³-hybridized carbons (Fsp3) is 0.444. The van der Waals surface area contributed by atoms with Gasteiger partial charge in [-0.15, -0.1) is 11.3 Å². The van der Waals surface area contributed by atoms with E-state index in [1.807, 2.05) is 23.6 Å². The molecule has 0 bridgehead atoms. The van der Waals surface area contributed by atoms with Gasteiger partial charge in [0.15, 0.2) is 0 Å². The van der Waals surface area contributed by atoms with Gasteiger partial charge >= 0.3 is 0 Å². The SMILES string of the molecule is CCCCNC(=O)Cc1csc(SCc2cc(OC)cc(OC)c2)n1. The van der Waals surface area contributed by atoms with Crippen molar-refractivity contribution in [2.24, 2.45) is 0 Å². The monoisotopic (exact) mass is 380 g/mol. The molecule has 136 valence electrons. The number of unbranched alkanes of at least 4 members (excludes halogenated alkanes) is 1. The van der Waals surface area contributed by atoms with Crippen LogP contribution in [0.5, 0.6) is 11.5 Å². The maximum Gasteiger partial charge on any atom is 0.226 e. The van der Waals surface area contributed by atoms with E-state index in [1.54, 1.807) is 37.3 Å². The molecule has 0 unspecified atom stereocenters. The molecule has 7 heteroatoms. The number of nitrogens with zero attached hydrogens (tertiary/aromatic N) is 1. The van der Waals surface area contributed by atoms with Crippen LogP contribution in [0.2, 0.25) is 0 Å². The van der Waals surface area contributed by atoms with Crippen molar-refractivity contribution in [3.8, 4) is 11.5 Å². The lowest BCUT2D eigenvalue weighted by Crippen LogP contribution is -2.26. The Kier molecular flexibility index (Phi) is 8.08. The highest BCUT2D eigenvalue weighted by Crippen LogP contribution is 2.30. The number of rotatable bonds is 10. The lowest BCUT2D eigenvalue weighted by Gasteiger charge is -2.07. The second-order valence-electron chi connectivity index (χ2n) is 5.49. The molecule has 0 radical (unpaired) electrons. The average Bonchev–Trinajstić information content (AvgIpc) is 3.07. The van der Waals surface area contributed by atoms with Crippen LogP contribution in [0.15, 0.2) is 27.9 Å². The van der Waals surface area contributed by atoms with E-state index in [0.29, 0.717) is 6.42 Å². The smallest absolute Gasteiger partial charge is 0.226 e. The molecule has 0 aliphatic carbocycles. The first kappa shape index (κ1) is 19.6. The number of carbonyl (C=O) groups excluding carboxylic acids is 1. The van der Waals surface area contributed by atoms with Gasteiger partial charge in [-0.05, 0) is 24.1 Å². The third-order valence-corrected chi connectivity index (χ3v) is 5.64. The number of hydrogen-bond acceptors (Lipinski definition) is 6. The minimum absolute atomic E-state index is 0.0350. The van der Waals surface area contributed by atoms with Crippen molar-refractivity contribution in [3.63, 3.8) is 0 Å². The number of ether oxygens (including phenoxy) is 2. The first-order valence-electron chi connectivity index (χ1n) is 8.20. The summed E-state index contributed by atoms with van der Waals surface area (Å²) in [5, 5.41) is 4.87. The Bertz CT molecular complexity index is 666. The van der Waals surface area contributed by atoms with Crippen LogP contribution in [0, 0.1) is 0 Å². The summed E-state index contributed by atoms with van der Waals surface area (Å²) in [5.74, 6) is 2.35. The number of aromatic nitrogens is 1. The summed E-state index contributed by atoms with van der Waals surface area (Å²) in [4.78, 5) is 16.4. The third kappa shape index (κ3) is 6.59. The van der Waals surface area contributed by atoms with Gasteiger partial charge in [-0.2, -0.15) is 0 Å². The molecule has 1 heterocycles. The molecule has 1 aromatic carbocycles. The second kappa shape index (κ2) is 10.3. The van der Waals surface area contributed by atoms with Crippen LogP contribution in [0.25, 0.3) is 0 Å². The van der Waals surface area contributed by atoms with Gasteiger partial charge in [-0.3, -0.25) is 4.79 Å². The summed E-state index contributed by atoms with van der Waals surface area (Å²) in [6.07, 6.45) is 2.43. The Morgan fingerprint density at radius 1 is 1.24 bits per heavy atom. The lowest BCUT2D eigenvalue weighted by atomic mass is 10.2. The molecule has 2 rings (SSSR count). The van der Waals surface area contributed by atoms with Gasteiger partial charge < -0.3 is 14.8 Å². The van der Waals surface area contributed by atoms with Crippen molar-refractivity contribution in [3.05, 3.63) is 34.8 Å². The number of hydrogen-bond donors (Lipinski definition) is 1. The Balaban J connectivity index is 1.88. The number of methoxy groups -OCH3 is 2. The zero-order valence-electron chi connectivity index (χ0n) is 14.8. The van der Waals surface area contributed by atoms with E-state index < -0.39 is 0 Å². The van der Waals surface area contributed by atoms with Gasteiger partial charge in [0.1, 0.15) is 15.8 Å². The first-order chi connectivity index (χ1) is 12.1. The van der Waals surface area contributed by atoms with Gasteiger partial charge in [-0.1, -0.05) is 25.1 Å². The van der Waals surface area contributed by atoms with Gasteiger partial charge in [0.25, 0.3) is 0 Å². The summed E-state index contributed by atoms with van der Waals surface area (Å²) >= 11 is 3.21. The number of thioether (sulfide) groups is 1. The van der Waals surface area contributed by atoms with Crippen molar-refractivity contribution in [1.82, 2.24) is 10.3 Å². The number of amides is 1. The molecule has 0 aliphatic rings. The first-order valence-corrected chi connectivity index (χ1v) is 10.1. The van der Waals surface area contributed by atoms with Crippen molar-refractivity contribution in [2.45, 2.75) is 36.3 Å². The predicted molar refractivity (Wildman–Crippen MR) is 103 cm³/mol. The minimum atomic E-state index is 0.0350. The molecule has 1 amide bonds. The standard InChI is InChI=1S/C18H24N2O3S2/c1-4-5-6-19-17(21)9-14-12-25-18(20-14)24-11-13-7-15(22-2)10-16(8-13)23-3/h7-8,10,12H,4-6,9,11H2,1-3H3,(H,19,21). The minimum Gasteiger partial charge on any atom is -0.497 e. The van der Waals surface area contributed by atoms with Crippen molar-refractivity contribution >= 4 is 29.0 Å². The van der Waals surface area contributed by atoms with Crippen LogP contribution in [0.3, 0.4) is 0 Å². The van der Waals surface area contributed by atoms with Gasteiger partial charge in [0.2, 0.25) is 5.91 Å². The van der Waals surface area contributed by atoms with Crippen molar-refractivity contribution < 1.29 is 14.3 Å². The van der Waals surface area contributed by atoms with Gasteiger partial charge in [0.05, 0.1) is 26.3 Å². The Labute approximate surface area is 157 Å². The van der Waals surface area contributed by atoms with Crippen LogP contribution in [-0.4, -0.2) is 31.7 Å². The molecule has 0 fully saturated rings. The molecule has 5 nitrogen and oxygen atoms in total. The summed E-state index contributed by atoms with van der Waals surface area (Å²) < 4.78 is 11.5. The number of carbonyl (C=O) groups is 1. The van der Waals surface area contributed by atoms with Crippen molar-refractivity contribution in [1.29, 1.82) is 0 Å². The average molecular weight is 381 g/mol. The molecule has 0 spiro atoms. The quantitative estimate of drug-likeness (QED) is 0.500. The maximum atomic E-state index is 11.8. The van der Waals surface area contributed by atoms with Crippen LogP contribution in [0.1, 0.15) is 31.0 Å². The van der Waals surface area contributed by atoms with E-state index in [4.69, 9.17) is 9.47 Å². The second-order valence-corrected chi connectivity index (χ2v) is 7.58. The van der Waals surface area contributed by atoms with Gasteiger partial charge in [-0.25, -0.2) is 4.98 Å². The highest BCUT2D eigenvalue weighted by molar-refractivity contribution is 8.00. The lowest BCUT2D eigenvalue weighted by molar-refractivity contribution is -0.120. The van der Waals surface area contributed by atoms with Crippen molar-refractivity contribution in [2.75, 3.05) is 20.8 Å². The van der Waals surface area contributed by atoms with E-state index in [1.165, 1.54) is 0 Å². The van der Waals surface area contributed by atoms with E-state index in [2.05, 4.69) is 17.2 Å². The molecule has 25 heavy (non-hydrogen) atoms. The van der Waals surface area contributed by atoms with Crippen LogP contribution in [-0.2, 0) is 17.0 Å². The van der Waals surface area contributed by atoms with E-state index in [-0.39, 0.29) is 5.91 Å². The molecule has 0 saturated carbocycles. The maximum absolute atomic E-state index is 11.8. The fourth-order valence-electron chi connectivity index (χ4n) is 2.16. The molecule has 2 aromatic rings. The Morgan fingerprint density at radius 3 is 2.60 bits per heavy atom. The largest absolute Gasteiger partial charge is 0.497 e. The molecule has 1 N–H and O–H groups in total. The molecule has 1 aromatic heterocycles. The zero-order chi connectivity index (χ0) is 18.1. The van der Waals surface area contributed by atoms with Crippen LogP contribution >= 0.6 is 23.1 Å². The van der Waals surface area contributed by atoms with Crippen LogP contribution in [0.4, 0.5) is 0 Å². The molecule has 0 atom stereocenters. The molecular formula is C18H24N2O3S2. The Hall–Kier alpha value is -1.73. The van der Waals surface area contributed by atoms with Crippen LogP contribution < -0.4 is 14.8 Å². The predicted octanol–water partition coefficient (Wildman–Crippen LogP) is 3.91. The molecule has 0 aliphatic heterocycles. The zero-order valence-corrected chi connectivity index (χ0v) is 16.5. The fourth-order valence-corrected chi connectivity index (χ4v) is 3.94. The third-order valence-electron chi connectivity index (χ3n) is 3.50. The summed E-state index contributed by atoms with van der Waals surface area (Å²) in [6, 6.07) is 5.84. The summed E-state index contributed by atoms with van der Waals surface area (Å²) in [6.45, 7) is 2.84. The highest BCUT2D eigenvalue weighted by atomic mass is 32.2. The van der Waals surface area contributed by atoms with E-state index in [0.717, 1.165) is 52.2 Å². The normalized spacial score (nSPS) is 10.5. The highest BCUT2D eigenvalue weighted by Gasteiger charge is 2.09. The van der Waals surface area contributed by atoms with Gasteiger partial charge in [0, 0.05) is 23.7 Å². The molecular weight excluding hydrogens is 356 g/mol. The van der Waals surface area contributed by atoms with E-state index >= 15 is 0 Å². The summed E-state index contributed by atoms with van der Waals surface area (Å²) in [5.41, 5.74) is 1.93. The summed E-state index contributed by atoms with van der Waals surface area (Å²) in [7, 11) is 3.29. The Morgan fingerprint density at radius 2 is 1.96 bits per heavy atom. The number of thiazole rings is 1. The number of nitrogens with one attached hydrogen (secondary N) is 1. The number of benzene rings is 1.